The molecule has 0 saturated heterocycles. The third-order valence-corrected chi connectivity index (χ3v) is 3.93. The molecule has 9 heteroatoms. The Hall–Kier alpha value is -3.62. The van der Waals surface area contributed by atoms with Crippen LogP contribution < -0.4 is 16.7 Å². The van der Waals surface area contributed by atoms with Gasteiger partial charge in [-0.15, -0.1) is 6.58 Å². The van der Waals surface area contributed by atoms with Gasteiger partial charge in [0.25, 0.3) is 5.56 Å². The van der Waals surface area contributed by atoms with Gasteiger partial charge in [0.05, 0.1) is 5.71 Å². The van der Waals surface area contributed by atoms with E-state index in [1.165, 1.54) is 11.6 Å². The van der Waals surface area contributed by atoms with E-state index in [0.29, 0.717) is 18.2 Å². The second kappa shape index (κ2) is 6.71. The minimum atomic E-state index is -0.541. The summed E-state index contributed by atoms with van der Waals surface area (Å²) in [4.78, 5) is 30.6. The van der Waals surface area contributed by atoms with Gasteiger partial charge in [0.2, 0.25) is 5.95 Å². The largest absolute Gasteiger partial charge is 0.508 e. The summed E-state index contributed by atoms with van der Waals surface area (Å²) < 4.78 is 2.85. The fraction of sp³-hybridized carbons (Fsp3) is 0.176. The van der Waals surface area contributed by atoms with E-state index >= 15 is 0 Å². The number of imidazole rings is 1. The lowest BCUT2D eigenvalue weighted by Crippen LogP contribution is -2.29. The lowest BCUT2D eigenvalue weighted by atomic mass is 10.1. The van der Waals surface area contributed by atoms with E-state index in [1.807, 2.05) is 0 Å². The van der Waals surface area contributed by atoms with Crippen molar-refractivity contribution in [3.63, 3.8) is 0 Å². The third kappa shape index (κ3) is 3.02. The number of nitrogens with one attached hydrogen (secondary N) is 2. The summed E-state index contributed by atoms with van der Waals surface area (Å²) in [6.07, 6.45) is 1.62. The average Bonchev–Trinajstić information content (AvgIpc) is 2.98. The summed E-state index contributed by atoms with van der Waals surface area (Å²) in [6, 6.07) is 6.60. The van der Waals surface area contributed by atoms with Crippen molar-refractivity contribution in [1.82, 2.24) is 19.1 Å². The number of hydrogen-bond donors (Lipinski definition) is 3. The molecule has 0 unspecified atom stereocenters. The normalized spacial score (nSPS) is 11.7. The summed E-state index contributed by atoms with van der Waals surface area (Å²) in [5.74, 6) is 0.479. The highest BCUT2D eigenvalue weighted by atomic mass is 16.3. The molecule has 134 valence electrons. The van der Waals surface area contributed by atoms with Gasteiger partial charge in [-0.1, -0.05) is 6.08 Å². The summed E-state index contributed by atoms with van der Waals surface area (Å²) in [5, 5.41) is 13.6. The molecule has 0 aliphatic carbocycles. The zero-order valence-electron chi connectivity index (χ0n) is 14.4. The number of aromatic nitrogens is 4. The first-order chi connectivity index (χ1) is 12.4. The fourth-order valence-corrected chi connectivity index (χ4v) is 2.53. The molecule has 0 amide bonds. The number of aromatic hydroxyl groups is 1. The summed E-state index contributed by atoms with van der Waals surface area (Å²) >= 11 is 0. The van der Waals surface area contributed by atoms with Gasteiger partial charge in [-0.3, -0.25) is 18.9 Å². The Morgan fingerprint density at radius 3 is 2.73 bits per heavy atom. The number of benzene rings is 1. The zero-order chi connectivity index (χ0) is 18.8. The van der Waals surface area contributed by atoms with Crippen LogP contribution in [0.1, 0.15) is 12.5 Å². The summed E-state index contributed by atoms with van der Waals surface area (Å²) in [7, 11) is 1.53. The molecule has 0 aliphatic heterocycles. The Morgan fingerprint density at radius 1 is 1.38 bits per heavy atom. The van der Waals surface area contributed by atoms with E-state index in [1.54, 1.807) is 41.8 Å². The van der Waals surface area contributed by atoms with E-state index in [4.69, 9.17) is 0 Å². The Bertz CT molecular complexity index is 1120. The second-order valence-corrected chi connectivity index (χ2v) is 5.68. The van der Waals surface area contributed by atoms with Crippen molar-refractivity contribution in [3.8, 4) is 5.75 Å². The molecule has 0 atom stereocenters. The highest BCUT2D eigenvalue weighted by Crippen LogP contribution is 2.16. The van der Waals surface area contributed by atoms with Crippen LogP contribution in [0.5, 0.6) is 5.75 Å². The van der Waals surface area contributed by atoms with Crippen LogP contribution in [0, 0.1) is 0 Å². The monoisotopic (exact) mass is 354 g/mol. The lowest BCUT2D eigenvalue weighted by Gasteiger charge is -2.06. The maximum absolute atomic E-state index is 12.2. The van der Waals surface area contributed by atoms with Gasteiger partial charge in [0.15, 0.2) is 11.2 Å². The molecule has 0 spiro atoms. The van der Waals surface area contributed by atoms with Crippen LogP contribution in [0.4, 0.5) is 5.95 Å². The number of rotatable bonds is 5. The number of H-pyrrole nitrogens is 1. The second-order valence-electron chi connectivity index (χ2n) is 5.68. The highest BCUT2D eigenvalue weighted by molar-refractivity contribution is 5.99. The first-order valence-corrected chi connectivity index (χ1v) is 7.82. The first-order valence-electron chi connectivity index (χ1n) is 7.82. The Balaban J connectivity index is 2.07. The number of fused-ring (bicyclic) bond motifs is 1. The molecule has 9 nitrogen and oxygen atoms in total. The zero-order valence-corrected chi connectivity index (χ0v) is 14.4. The quantitative estimate of drug-likeness (QED) is 0.361. The maximum atomic E-state index is 12.2. The number of phenols is 1. The van der Waals surface area contributed by atoms with Gasteiger partial charge in [-0.25, -0.2) is 10.2 Å². The third-order valence-electron chi connectivity index (χ3n) is 3.93. The molecular formula is C17H18N6O3. The van der Waals surface area contributed by atoms with Crippen LogP contribution in [-0.4, -0.2) is 29.9 Å². The molecule has 2 aromatic heterocycles. The fourth-order valence-electron chi connectivity index (χ4n) is 2.53. The topological polar surface area (TPSA) is 117 Å². The van der Waals surface area contributed by atoms with Gasteiger partial charge in [-0.05, 0) is 36.8 Å². The van der Waals surface area contributed by atoms with E-state index in [2.05, 4.69) is 27.1 Å². The van der Waals surface area contributed by atoms with Crippen molar-refractivity contribution in [3.05, 3.63) is 63.3 Å². The molecule has 0 aliphatic rings. The number of hydrazone groups is 1. The van der Waals surface area contributed by atoms with Gasteiger partial charge >= 0.3 is 5.69 Å². The molecule has 0 bridgehead atoms. The molecule has 0 saturated carbocycles. The molecule has 3 aromatic rings. The van der Waals surface area contributed by atoms with Crippen LogP contribution in [-0.2, 0) is 13.6 Å². The summed E-state index contributed by atoms with van der Waals surface area (Å²) in [5.41, 5.74) is 3.75. The van der Waals surface area contributed by atoms with Crippen LogP contribution in [0.3, 0.4) is 0 Å². The molecule has 2 heterocycles. The van der Waals surface area contributed by atoms with Gasteiger partial charge in [0.1, 0.15) is 5.75 Å². The molecular weight excluding hydrogens is 336 g/mol. The number of allylic oxidation sites excluding steroid dienone is 1. The van der Waals surface area contributed by atoms with E-state index in [-0.39, 0.29) is 16.9 Å². The maximum Gasteiger partial charge on any atom is 0.329 e. The van der Waals surface area contributed by atoms with E-state index in [9.17, 15) is 14.7 Å². The number of aryl methyl sites for hydroxylation is 1. The van der Waals surface area contributed by atoms with Crippen molar-refractivity contribution < 1.29 is 5.11 Å². The standard InChI is InChI=1S/C17H18N6O3/c1-4-9-23-13-14(22(3)17(26)19-15(13)25)18-16(23)21-20-10(2)11-5-7-12(24)8-6-11/h4-8,24H,1,9H2,2-3H3,(H,18,21)(H,19,25,26). The number of nitrogens with zero attached hydrogens (tertiary/aromatic N) is 4. The Labute approximate surface area is 147 Å². The van der Waals surface area contributed by atoms with Crippen LogP contribution >= 0.6 is 0 Å². The lowest BCUT2D eigenvalue weighted by molar-refractivity contribution is 0.475. The highest BCUT2D eigenvalue weighted by Gasteiger charge is 2.16. The smallest absolute Gasteiger partial charge is 0.329 e. The Kier molecular flexibility index (Phi) is 4.44. The predicted octanol–water partition coefficient (Wildman–Crippen LogP) is 1.15. The number of aromatic amines is 1. The number of anilines is 1. The van der Waals surface area contributed by atoms with Gasteiger partial charge < -0.3 is 5.11 Å². The average molecular weight is 354 g/mol. The van der Waals surface area contributed by atoms with E-state index < -0.39 is 11.2 Å². The van der Waals surface area contributed by atoms with Crippen LogP contribution in [0.15, 0.2) is 51.6 Å². The molecule has 3 N–H and O–H groups in total. The number of hydrogen-bond acceptors (Lipinski definition) is 6. The SMILES string of the molecule is C=CCn1c(NN=C(C)c2ccc(O)cc2)nc2c1c(=O)[nH]c(=O)n2C. The van der Waals surface area contributed by atoms with Gasteiger partial charge in [-0.2, -0.15) is 10.1 Å². The summed E-state index contributed by atoms with van der Waals surface area (Å²) in [6.45, 7) is 5.79. The first kappa shape index (κ1) is 17.2. The van der Waals surface area contributed by atoms with Crippen molar-refractivity contribution in [2.75, 3.05) is 5.43 Å². The van der Waals surface area contributed by atoms with E-state index in [0.717, 1.165) is 5.56 Å². The molecule has 26 heavy (non-hydrogen) atoms. The Morgan fingerprint density at radius 2 is 2.08 bits per heavy atom. The van der Waals surface area contributed by atoms with Crippen molar-refractivity contribution >= 4 is 22.8 Å². The van der Waals surface area contributed by atoms with Crippen LogP contribution in [0.2, 0.25) is 0 Å². The van der Waals surface area contributed by atoms with Crippen molar-refractivity contribution in [1.29, 1.82) is 0 Å². The predicted molar refractivity (Wildman–Crippen MR) is 99.7 cm³/mol. The van der Waals surface area contributed by atoms with Crippen LogP contribution in [0.25, 0.3) is 11.2 Å². The minimum Gasteiger partial charge on any atom is -0.508 e. The van der Waals surface area contributed by atoms with Gasteiger partial charge in [0, 0.05) is 13.6 Å². The minimum absolute atomic E-state index is 0.169. The van der Waals surface area contributed by atoms with Crippen molar-refractivity contribution in [2.45, 2.75) is 13.5 Å². The molecule has 0 fully saturated rings. The van der Waals surface area contributed by atoms with Crippen molar-refractivity contribution in [2.24, 2.45) is 12.1 Å². The molecule has 3 rings (SSSR count). The molecule has 0 radical (unpaired) electrons. The molecule has 1 aromatic carbocycles. The number of phenolic OH excluding ortho intramolecular Hbond substituents is 1.